The van der Waals surface area contributed by atoms with Crippen LogP contribution in [0.4, 0.5) is 0 Å². The Morgan fingerprint density at radius 2 is 1.92 bits per heavy atom. The summed E-state index contributed by atoms with van der Waals surface area (Å²) >= 11 is 0. The van der Waals surface area contributed by atoms with Gasteiger partial charge in [-0.1, -0.05) is 0 Å². The monoisotopic (exact) mass is 182 g/mol. The van der Waals surface area contributed by atoms with E-state index in [1.54, 1.807) is 12.5 Å². The lowest BCUT2D eigenvalue weighted by Gasteiger charge is -2.40. The Hall–Kier alpha value is -0.960. The Kier molecular flexibility index (Phi) is 2.27. The Morgan fingerprint density at radius 1 is 1.31 bits per heavy atom. The normalized spacial score (nSPS) is 36.2. The Morgan fingerprint density at radius 3 is 2.46 bits per heavy atom. The molecule has 0 bridgehead atoms. The molecule has 72 valence electrons. The first-order valence-corrected chi connectivity index (χ1v) is 4.67. The fourth-order valence-corrected chi connectivity index (χ4v) is 1.72. The summed E-state index contributed by atoms with van der Waals surface area (Å²) in [5.74, 6) is -0.569. The number of fused-ring (bicyclic) bond motifs is 1. The smallest absolute Gasteiger partial charge is 0.374 e. The zero-order chi connectivity index (χ0) is 9.15. The molecular formula is C10H14O3. The van der Waals surface area contributed by atoms with E-state index in [9.17, 15) is 0 Å². The van der Waals surface area contributed by atoms with Crippen LogP contribution in [0.1, 0.15) is 19.8 Å². The molecule has 0 atom stereocenters. The Bertz CT molecular complexity index is 214. The highest BCUT2D eigenvalue weighted by Gasteiger charge is 2.45. The first-order valence-electron chi connectivity index (χ1n) is 4.67. The van der Waals surface area contributed by atoms with Crippen LogP contribution in [0.15, 0.2) is 24.7 Å². The van der Waals surface area contributed by atoms with Gasteiger partial charge in [0.15, 0.2) is 0 Å². The number of hydrogen-bond acceptors (Lipinski definition) is 3. The molecule has 0 spiro atoms. The standard InChI is InChI=1S/C10H14O3/c1-2-11-10-9(5-3-7-12-10)6-4-8-13-10/h3-4,7-9H,2,5-6H2,1H3. The summed E-state index contributed by atoms with van der Waals surface area (Å²) in [4.78, 5) is 0. The van der Waals surface area contributed by atoms with E-state index < -0.39 is 5.97 Å². The molecule has 0 saturated carbocycles. The van der Waals surface area contributed by atoms with Crippen LogP contribution in [-0.2, 0) is 14.2 Å². The van der Waals surface area contributed by atoms with Crippen molar-refractivity contribution < 1.29 is 14.2 Å². The summed E-state index contributed by atoms with van der Waals surface area (Å²) in [6, 6.07) is 0. The minimum absolute atomic E-state index is 0.280. The number of ether oxygens (including phenoxy) is 3. The van der Waals surface area contributed by atoms with E-state index in [-0.39, 0.29) is 5.92 Å². The summed E-state index contributed by atoms with van der Waals surface area (Å²) in [7, 11) is 0. The molecule has 0 amide bonds. The number of rotatable bonds is 2. The van der Waals surface area contributed by atoms with Gasteiger partial charge in [-0.3, -0.25) is 0 Å². The van der Waals surface area contributed by atoms with Crippen LogP contribution >= 0.6 is 0 Å². The molecule has 0 aliphatic carbocycles. The van der Waals surface area contributed by atoms with Gasteiger partial charge in [0, 0.05) is 0 Å². The quantitative estimate of drug-likeness (QED) is 0.655. The first kappa shape index (κ1) is 8.63. The van der Waals surface area contributed by atoms with Gasteiger partial charge in [0.2, 0.25) is 0 Å². The first-order chi connectivity index (χ1) is 6.37. The molecule has 3 nitrogen and oxygen atoms in total. The molecule has 2 aliphatic rings. The van der Waals surface area contributed by atoms with Crippen molar-refractivity contribution >= 4 is 0 Å². The molecule has 0 radical (unpaired) electrons. The fourth-order valence-electron chi connectivity index (χ4n) is 1.72. The third-order valence-corrected chi connectivity index (χ3v) is 2.34. The van der Waals surface area contributed by atoms with Crippen molar-refractivity contribution in [2.75, 3.05) is 6.61 Å². The van der Waals surface area contributed by atoms with E-state index >= 15 is 0 Å². The molecule has 0 aromatic carbocycles. The van der Waals surface area contributed by atoms with Gasteiger partial charge in [-0.15, -0.1) is 0 Å². The molecule has 3 heteroatoms. The van der Waals surface area contributed by atoms with Gasteiger partial charge in [-0.05, 0) is 31.9 Å². The van der Waals surface area contributed by atoms with Crippen molar-refractivity contribution in [2.24, 2.45) is 5.92 Å². The number of allylic oxidation sites excluding steroid dienone is 2. The second kappa shape index (κ2) is 3.42. The third kappa shape index (κ3) is 1.44. The van der Waals surface area contributed by atoms with Gasteiger partial charge in [0.25, 0.3) is 0 Å². The average molecular weight is 182 g/mol. The predicted octanol–water partition coefficient (Wildman–Crippen LogP) is 2.16. The van der Waals surface area contributed by atoms with Crippen molar-refractivity contribution in [3.05, 3.63) is 24.7 Å². The summed E-state index contributed by atoms with van der Waals surface area (Å²) in [5, 5.41) is 0. The van der Waals surface area contributed by atoms with Gasteiger partial charge < -0.3 is 14.2 Å². The second-order valence-electron chi connectivity index (χ2n) is 3.18. The summed E-state index contributed by atoms with van der Waals surface area (Å²) in [6.45, 7) is 2.54. The van der Waals surface area contributed by atoms with E-state index in [4.69, 9.17) is 14.2 Å². The van der Waals surface area contributed by atoms with Crippen LogP contribution in [0.5, 0.6) is 0 Å². The third-order valence-electron chi connectivity index (χ3n) is 2.34. The lowest BCUT2D eigenvalue weighted by Crippen LogP contribution is -2.46. The van der Waals surface area contributed by atoms with Crippen LogP contribution in [0.3, 0.4) is 0 Å². The van der Waals surface area contributed by atoms with Crippen molar-refractivity contribution in [3.8, 4) is 0 Å². The summed E-state index contributed by atoms with van der Waals surface area (Å²) in [6.07, 6.45) is 9.22. The van der Waals surface area contributed by atoms with Crippen LogP contribution in [-0.4, -0.2) is 12.6 Å². The van der Waals surface area contributed by atoms with Gasteiger partial charge >= 0.3 is 5.97 Å². The van der Waals surface area contributed by atoms with Gasteiger partial charge in [-0.2, -0.15) is 0 Å². The van der Waals surface area contributed by atoms with Crippen molar-refractivity contribution in [2.45, 2.75) is 25.7 Å². The molecule has 0 saturated heterocycles. The average Bonchev–Trinajstić information content (AvgIpc) is 2.18. The van der Waals surface area contributed by atoms with Crippen LogP contribution < -0.4 is 0 Å². The highest BCUT2D eigenvalue weighted by Crippen LogP contribution is 2.37. The molecule has 0 unspecified atom stereocenters. The lowest BCUT2D eigenvalue weighted by atomic mass is 9.95. The van der Waals surface area contributed by atoms with E-state index in [0.717, 1.165) is 12.8 Å². The largest absolute Gasteiger partial charge is 0.438 e. The van der Waals surface area contributed by atoms with Crippen LogP contribution in [0, 0.1) is 5.92 Å². The summed E-state index contributed by atoms with van der Waals surface area (Å²) in [5.41, 5.74) is 0. The number of hydrogen-bond donors (Lipinski definition) is 0. The minimum atomic E-state index is -0.849. The molecule has 2 aliphatic heterocycles. The maximum absolute atomic E-state index is 5.53. The summed E-state index contributed by atoms with van der Waals surface area (Å²) < 4.78 is 16.4. The van der Waals surface area contributed by atoms with Gasteiger partial charge in [-0.25, -0.2) is 0 Å². The highest BCUT2D eigenvalue weighted by molar-refractivity contribution is 4.97. The van der Waals surface area contributed by atoms with Crippen molar-refractivity contribution in [1.29, 1.82) is 0 Å². The van der Waals surface area contributed by atoms with Gasteiger partial charge in [0.1, 0.15) is 0 Å². The predicted molar refractivity (Wildman–Crippen MR) is 47.5 cm³/mol. The van der Waals surface area contributed by atoms with Crippen LogP contribution in [0.2, 0.25) is 0 Å². The maximum atomic E-state index is 5.53. The molecule has 0 aromatic rings. The molecule has 0 fully saturated rings. The zero-order valence-corrected chi connectivity index (χ0v) is 7.73. The van der Waals surface area contributed by atoms with E-state index in [2.05, 4.69) is 0 Å². The lowest BCUT2D eigenvalue weighted by molar-refractivity contribution is -0.373. The maximum Gasteiger partial charge on any atom is 0.374 e. The van der Waals surface area contributed by atoms with Crippen molar-refractivity contribution in [3.63, 3.8) is 0 Å². The molecule has 2 heterocycles. The van der Waals surface area contributed by atoms with Crippen molar-refractivity contribution in [1.82, 2.24) is 0 Å². The highest BCUT2D eigenvalue weighted by atomic mass is 16.9. The molecular weight excluding hydrogens is 168 g/mol. The Balaban J connectivity index is 2.18. The van der Waals surface area contributed by atoms with E-state index in [1.807, 2.05) is 19.1 Å². The molecule has 2 rings (SSSR count). The Labute approximate surface area is 78.0 Å². The topological polar surface area (TPSA) is 27.7 Å². The molecule has 13 heavy (non-hydrogen) atoms. The second-order valence-corrected chi connectivity index (χ2v) is 3.18. The van der Waals surface area contributed by atoms with Gasteiger partial charge in [0.05, 0.1) is 25.0 Å². The minimum Gasteiger partial charge on any atom is -0.438 e. The SMILES string of the molecule is CCOC12OC=CCC1CC=CO2. The zero-order valence-electron chi connectivity index (χ0n) is 7.73. The van der Waals surface area contributed by atoms with Crippen LogP contribution in [0.25, 0.3) is 0 Å². The molecule has 0 N–H and O–H groups in total. The van der Waals surface area contributed by atoms with E-state index in [1.165, 1.54) is 0 Å². The molecule has 0 aromatic heterocycles. The van der Waals surface area contributed by atoms with E-state index in [0.29, 0.717) is 6.61 Å². The fraction of sp³-hybridized carbons (Fsp3) is 0.600.